The third-order valence-electron chi connectivity index (χ3n) is 7.46. The molecule has 190 valence electrons. The van der Waals surface area contributed by atoms with Crippen LogP contribution in [0.2, 0.25) is 0 Å². The van der Waals surface area contributed by atoms with Crippen molar-refractivity contribution in [3.05, 3.63) is 59.9 Å². The largest absolute Gasteiger partial charge is 0.360 e. The predicted molar refractivity (Wildman–Crippen MR) is 131 cm³/mol. The van der Waals surface area contributed by atoms with Gasteiger partial charge in [-0.15, -0.1) is 0 Å². The van der Waals surface area contributed by atoms with Crippen LogP contribution in [-0.4, -0.2) is 51.6 Å². The van der Waals surface area contributed by atoms with E-state index >= 15 is 0 Å². The van der Waals surface area contributed by atoms with Gasteiger partial charge < -0.3 is 24.8 Å². The van der Waals surface area contributed by atoms with Crippen molar-refractivity contribution in [2.24, 2.45) is 17.8 Å². The first-order valence-electron chi connectivity index (χ1n) is 12.4. The average Bonchev–Trinajstić information content (AvgIpc) is 3.54. The first-order chi connectivity index (χ1) is 17.1. The summed E-state index contributed by atoms with van der Waals surface area (Å²) in [6, 6.07) is 10.3. The van der Waals surface area contributed by atoms with Gasteiger partial charge in [-0.05, 0) is 31.7 Å². The molecule has 3 aliphatic heterocycles. The summed E-state index contributed by atoms with van der Waals surface area (Å²) < 4.78 is 11.6. The number of benzene rings is 1. The number of anilines is 1. The minimum Gasteiger partial charge on any atom is -0.360 e. The van der Waals surface area contributed by atoms with E-state index in [1.54, 1.807) is 24.8 Å². The number of rotatable bonds is 8. The first kappa shape index (κ1) is 24.2. The quantitative estimate of drug-likeness (QED) is 0.548. The smallest absolute Gasteiger partial charge is 0.246 e. The summed E-state index contributed by atoms with van der Waals surface area (Å²) in [5, 5.41) is 9.62. The van der Waals surface area contributed by atoms with E-state index in [1.165, 1.54) is 0 Å². The molecule has 0 saturated carbocycles. The maximum absolute atomic E-state index is 13.9. The topological polar surface area (TPSA) is 114 Å². The maximum Gasteiger partial charge on any atom is 0.246 e. The molecule has 3 aliphatic rings. The van der Waals surface area contributed by atoms with Gasteiger partial charge in [0.25, 0.3) is 0 Å². The molecule has 2 N–H and O–H groups in total. The van der Waals surface area contributed by atoms with Gasteiger partial charge in [0.15, 0.2) is 5.82 Å². The molecule has 1 aromatic heterocycles. The molecule has 9 nitrogen and oxygen atoms in total. The highest BCUT2D eigenvalue weighted by Gasteiger charge is 2.76. The molecule has 0 aliphatic carbocycles. The van der Waals surface area contributed by atoms with Crippen molar-refractivity contribution in [2.45, 2.75) is 57.9 Å². The normalized spacial score (nSPS) is 30.2. The van der Waals surface area contributed by atoms with Crippen LogP contribution in [0, 0.1) is 24.7 Å². The zero-order valence-electron chi connectivity index (χ0n) is 21.0. The van der Waals surface area contributed by atoms with Crippen molar-refractivity contribution in [3.63, 3.8) is 0 Å². The van der Waals surface area contributed by atoms with Gasteiger partial charge in [-0.1, -0.05) is 61.5 Å². The standard InChI is InChI=1S/C27H32N4O5/c1-16(2)10-13-31-22(24(33)28-15-18-8-6-5-7-9-18)27-12-11-26(4,36-27)20(21(27)25(31)34)23(32)29-19-14-17(3)35-30-19/h5-9,11-12,14,16,20-22H,10,13,15H2,1-4H3,(H,28,33)(H,29,30,32)/t20-,21+,22-,26+,27-/m1/s1. The number of likely N-dealkylation sites (tertiary alicyclic amines) is 1. The summed E-state index contributed by atoms with van der Waals surface area (Å²) in [6.07, 6.45) is 4.37. The summed E-state index contributed by atoms with van der Waals surface area (Å²) in [5.41, 5.74) is -1.28. The maximum atomic E-state index is 13.9. The van der Waals surface area contributed by atoms with E-state index in [2.05, 4.69) is 29.6 Å². The van der Waals surface area contributed by atoms with Crippen LogP contribution in [0.3, 0.4) is 0 Å². The van der Waals surface area contributed by atoms with Gasteiger partial charge in [0.1, 0.15) is 17.4 Å². The van der Waals surface area contributed by atoms with Crippen LogP contribution in [0.1, 0.15) is 38.5 Å². The summed E-state index contributed by atoms with van der Waals surface area (Å²) in [5.74, 6) is -1.38. The van der Waals surface area contributed by atoms with E-state index < -0.39 is 29.1 Å². The second kappa shape index (κ2) is 8.89. The zero-order valence-corrected chi connectivity index (χ0v) is 21.0. The molecule has 5 atom stereocenters. The molecule has 9 heteroatoms. The molecule has 2 bridgehead atoms. The molecule has 36 heavy (non-hydrogen) atoms. The summed E-state index contributed by atoms with van der Waals surface area (Å²) in [7, 11) is 0. The van der Waals surface area contributed by atoms with Gasteiger partial charge in [0.2, 0.25) is 17.7 Å². The third kappa shape index (κ3) is 3.91. The molecule has 1 spiro atoms. The van der Waals surface area contributed by atoms with E-state index in [9.17, 15) is 14.4 Å². The average molecular weight is 493 g/mol. The van der Waals surface area contributed by atoms with Gasteiger partial charge in [-0.25, -0.2) is 0 Å². The number of aromatic nitrogens is 1. The van der Waals surface area contributed by atoms with Gasteiger partial charge >= 0.3 is 0 Å². The molecule has 3 amide bonds. The van der Waals surface area contributed by atoms with Crippen LogP contribution in [-0.2, 0) is 25.7 Å². The Morgan fingerprint density at radius 2 is 1.92 bits per heavy atom. The van der Waals surface area contributed by atoms with Crippen molar-refractivity contribution in [1.29, 1.82) is 0 Å². The van der Waals surface area contributed by atoms with Crippen molar-refractivity contribution < 1.29 is 23.6 Å². The summed E-state index contributed by atoms with van der Waals surface area (Å²) in [4.78, 5) is 42.7. The molecule has 2 saturated heterocycles. The lowest BCUT2D eigenvalue weighted by molar-refractivity contribution is -0.144. The Morgan fingerprint density at radius 3 is 2.58 bits per heavy atom. The molecule has 4 heterocycles. The fraction of sp³-hybridized carbons (Fsp3) is 0.481. The van der Waals surface area contributed by atoms with Crippen LogP contribution in [0.25, 0.3) is 0 Å². The van der Waals surface area contributed by atoms with E-state index in [4.69, 9.17) is 9.26 Å². The lowest BCUT2D eigenvalue weighted by Crippen LogP contribution is -2.54. The van der Waals surface area contributed by atoms with E-state index in [0.29, 0.717) is 24.8 Å². The number of hydrogen-bond donors (Lipinski definition) is 2. The van der Waals surface area contributed by atoms with Crippen LogP contribution in [0.4, 0.5) is 5.82 Å². The number of nitrogens with one attached hydrogen (secondary N) is 2. The summed E-state index contributed by atoms with van der Waals surface area (Å²) in [6.45, 7) is 8.41. The monoisotopic (exact) mass is 492 g/mol. The Labute approximate surface area is 210 Å². The van der Waals surface area contributed by atoms with E-state index in [0.717, 1.165) is 12.0 Å². The molecule has 5 rings (SSSR count). The van der Waals surface area contributed by atoms with Crippen LogP contribution in [0.5, 0.6) is 0 Å². The van der Waals surface area contributed by atoms with Crippen molar-refractivity contribution in [2.75, 3.05) is 11.9 Å². The highest BCUT2D eigenvalue weighted by Crippen LogP contribution is 2.59. The van der Waals surface area contributed by atoms with Crippen molar-refractivity contribution in [1.82, 2.24) is 15.4 Å². The number of fused-ring (bicyclic) bond motifs is 1. The minimum atomic E-state index is -1.22. The molecule has 0 radical (unpaired) electrons. The number of ether oxygens (including phenoxy) is 1. The molecular formula is C27H32N4O5. The molecule has 0 unspecified atom stereocenters. The first-order valence-corrected chi connectivity index (χ1v) is 12.4. The number of carbonyl (C=O) groups excluding carboxylic acids is 3. The predicted octanol–water partition coefficient (Wildman–Crippen LogP) is 2.82. The number of aryl methyl sites for hydroxylation is 1. The van der Waals surface area contributed by atoms with Gasteiger partial charge in [0.05, 0.1) is 17.4 Å². The lowest BCUT2D eigenvalue weighted by Gasteiger charge is -2.33. The molecule has 2 fully saturated rings. The number of amides is 3. The number of hydrogen-bond acceptors (Lipinski definition) is 6. The number of nitrogens with zero attached hydrogens (tertiary/aromatic N) is 2. The van der Waals surface area contributed by atoms with Crippen LogP contribution < -0.4 is 10.6 Å². The minimum absolute atomic E-state index is 0.236. The Balaban J connectivity index is 1.46. The second-order valence-electron chi connectivity index (χ2n) is 10.6. The molecular weight excluding hydrogens is 460 g/mol. The Morgan fingerprint density at radius 1 is 1.17 bits per heavy atom. The Bertz CT molecular complexity index is 1210. The highest BCUT2D eigenvalue weighted by atomic mass is 16.5. The third-order valence-corrected chi connectivity index (χ3v) is 7.46. The Kier molecular flexibility index (Phi) is 5.98. The van der Waals surface area contributed by atoms with Gasteiger partial charge in [-0.2, -0.15) is 0 Å². The fourth-order valence-corrected chi connectivity index (χ4v) is 5.78. The van der Waals surface area contributed by atoms with E-state index in [1.807, 2.05) is 42.5 Å². The lowest BCUT2D eigenvalue weighted by atomic mass is 9.70. The van der Waals surface area contributed by atoms with Gasteiger partial charge in [0, 0.05) is 19.2 Å². The molecule has 2 aromatic rings. The van der Waals surface area contributed by atoms with Gasteiger partial charge in [-0.3, -0.25) is 14.4 Å². The van der Waals surface area contributed by atoms with Crippen molar-refractivity contribution >= 4 is 23.5 Å². The zero-order chi connectivity index (χ0) is 25.7. The number of carbonyl (C=O) groups is 3. The highest BCUT2D eigenvalue weighted by molar-refractivity contribution is 6.03. The van der Waals surface area contributed by atoms with E-state index in [-0.39, 0.29) is 23.5 Å². The second-order valence-corrected chi connectivity index (χ2v) is 10.6. The van der Waals surface area contributed by atoms with Crippen molar-refractivity contribution in [3.8, 4) is 0 Å². The Hall–Kier alpha value is -3.46. The summed E-state index contributed by atoms with van der Waals surface area (Å²) >= 11 is 0. The van der Waals surface area contributed by atoms with Crippen LogP contribution in [0.15, 0.2) is 53.1 Å². The fourth-order valence-electron chi connectivity index (χ4n) is 5.78. The molecule has 1 aromatic carbocycles. The van der Waals surface area contributed by atoms with Crippen LogP contribution >= 0.6 is 0 Å². The SMILES string of the molecule is Cc1cc(NC(=O)[C@H]2[C@H]3C(=O)N(CCC(C)C)[C@H](C(=O)NCc4ccccc4)[C@@]34C=C[C@]2(C)O4)no1.